The minimum absolute atomic E-state index is 0. The van der Waals surface area contributed by atoms with Crippen LogP contribution in [-0.4, -0.2) is 25.0 Å². The average Bonchev–Trinajstić information content (AvgIpc) is 2.93. The molecule has 2 aromatic rings. The van der Waals surface area contributed by atoms with Crippen molar-refractivity contribution >= 4 is 23.2 Å². The van der Waals surface area contributed by atoms with Crippen molar-refractivity contribution in [2.45, 2.75) is 11.8 Å². The SMILES string of the molecule is CN1CC2CC2(c2ccc(F)c3ccccc23)C1.Cl. The molecule has 2 unspecified atom stereocenters. The number of hydrogen-bond acceptors (Lipinski definition) is 1. The van der Waals surface area contributed by atoms with E-state index in [1.54, 1.807) is 6.07 Å². The van der Waals surface area contributed by atoms with Crippen LogP contribution in [0.25, 0.3) is 10.8 Å². The lowest BCUT2D eigenvalue weighted by Gasteiger charge is -2.18. The third kappa shape index (κ3) is 1.70. The summed E-state index contributed by atoms with van der Waals surface area (Å²) in [5.74, 6) is 0.672. The van der Waals surface area contributed by atoms with Crippen LogP contribution >= 0.6 is 12.4 Å². The number of hydrogen-bond donors (Lipinski definition) is 0. The summed E-state index contributed by atoms with van der Waals surface area (Å²) in [4.78, 5) is 2.40. The second-order valence-electron chi connectivity index (χ2n) is 5.89. The van der Waals surface area contributed by atoms with Gasteiger partial charge in [-0.25, -0.2) is 4.39 Å². The summed E-state index contributed by atoms with van der Waals surface area (Å²) in [7, 11) is 2.18. The van der Waals surface area contributed by atoms with Crippen molar-refractivity contribution in [2.75, 3.05) is 20.1 Å². The summed E-state index contributed by atoms with van der Waals surface area (Å²) in [5.41, 5.74) is 1.66. The van der Waals surface area contributed by atoms with E-state index in [9.17, 15) is 4.39 Å². The van der Waals surface area contributed by atoms with E-state index in [0.717, 1.165) is 23.2 Å². The summed E-state index contributed by atoms with van der Waals surface area (Å²) in [6, 6.07) is 11.5. The van der Waals surface area contributed by atoms with Crippen molar-refractivity contribution in [3.63, 3.8) is 0 Å². The van der Waals surface area contributed by atoms with E-state index in [1.165, 1.54) is 18.5 Å². The van der Waals surface area contributed by atoms with Crippen LogP contribution in [-0.2, 0) is 5.41 Å². The Morgan fingerprint density at radius 3 is 2.58 bits per heavy atom. The quantitative estimate of drug-likeness (QED) is 0.770. The minimum atomic E-state index is -0.102. The van der Waals surface area contributed by atoms with Crippen LogP contribution in [0.3, 0.4) is 0 Å². The molecular formula is C16H17ClFN. The zero-order chi connectivity index (χ0) is 12.3. The molecule has 1 aliphatic carbocycles. The number of halogens is 2. The van der Waals surface area contributed by atoms with Crippen LogP contribution in [0.5, 0.6) is 0 Å². The van der Waals surface area contributed by atoms with Crippen LogP contribution in [0.15, 0.2) is 36.4 Å². The molecule has 0 bridgehead atoms. The molecule has 0 N–H and O–H groups in total. The lowest BCUT2D eigenvalue weighted by atomic mass is 9.90. The Balaban J connectivity index is 0.00000110. The van der Waals surface area contributed by atoms with Gasteiger partial charge in [-0.3, -0.25) is 0 Å². The van der Waals surface area contributed by atoms with Crippen LogP contribution < -0.4 is 0 Å². The van der Waals surface area contributed by atoms with Crippen LogP contribution in [0, 0.1) is 11.7 Å². The Labute approximate surface area is 118 Å². The largest absolute Gasteiger partial charge is 0.305 e. The van der Waals surface area contributed by atoms with Gasteiger partial charge in [0.05, 0.1) is 0 Å². The lowest BCUT2D eigenvalue weighted by Crippen LogP contribution is -2.22. The molecule has 2 fully saturated rings. The molecule has 1 heterocycles. The highest BCUT2D eigenvalue weighted by molar-refractivity contribution is 5.88. The molecule has 2 aliphatic rings. The fraction of sp³-hybridized carbons (Fsp3) is 0.375. The van der Waals surface area contributed by atoms with Gasteiger partial charge < -0.3 is 4.90 Å². The van der Waals surface area contributed by atoms with E-state index in [1.807, 2.05) is 24.3 Å². The van der Waals surface area contributed by atoms with Crippen molar-refractivity contribution in [1.29, 1.82) is 0 Å². The van der Waals surface area contributed by atoms with Crippen molar-refractivity contribution in [1.82, 2.24) is 4.90 Å². The predicted molar refractivity (Wildman–Crippen MR) is 78.4 cm³/mol. The maximum absolute atomic E-state index is 13.9. The summed E-state index contributed by atoms with van der Waals surface area (Å²) >= 11 is 0. The Morgan fingerprint density at radius 1 is 1.16 bits per heavy atom. The van der Waals surface area contributed by atoms with E-state index in [2.05, 4.69) is 18.0 Å². The van der Waals surface area contributed by atoms with Gasteiger partial charge in [0, 0.05) is 23.9 Å². The third-order valence-corrected chi connectivity index (χ3v) is 4.72. The van der Waals surface area contributed by atoms with Crippen LogP contribution in [0.2, 0.25) is 0 Å². The first kappa shape index (κ1) is 12.9. The first-order valence-corrected chi connectivity index (χ1v) is 6.57. The van der Waals surface area contributed by atoms with Crippen molar-refractivity contribution < 1.29 is 4.39 Å². The van der Waals surface area contributed by atoms with Gasteiger partial charge in [-0.15, -0.1) is 12.4 Å². The number of rotatable bonds is 1. The van der Waals surface area contributed by atoms with Gasteiger partial charge in [0.15, 0.2) is 0 Å². The number of fused-ring (bicyclic) bond motifs is 2. The Kier molecular flexibility index (Phi) is 2.84. The number of nitrogens with zero attached hydrogens (tertiary/aromatic N) is 1. The number of likely N-dealkylation sites (N-methyl/N-ethyl adjacent to an activating group) is 1. The summed E-state index contributed by atoms with van der Waals surface area (Å²) in [6.07, 6.45) is 1.27. The zero-order valence-electron chi connectivity index (χ0n) is 10.9. The minimum Gasteiger partial charge on any atom is -0.305 e. The normalized spacial score (nSPS) is 29.1. The summed E-state index contributed by atoms with van der Waals surface area (Å²) in [6.45, 7) is 2.30. The van der Waals surface area contributed by atoms with Gasteiger partial charge in [0.1, 0.15) is 5.82 Å². The van der Waals surface area contributed by atoms with Crippen molar-refractivity contribution in [3.8, 4) is 0 Å². The first-order valence-electron chi connectivity index (χ1n) is 6.57. The number of piperidine rings is 1. The fourth-order valence-corrected chi connectivity index (χ4v) is 3.85. The average molecular weight is 278 g/mol. The van der Waals surface area contributed by atoms with Crippen LogP contribution in [0.4, 0.5) is 4.39 Å². The summed E-state index contributed by atoms with van der Waals surface area (Å²) < 4.78 is 13.9. The highest BCUT2D eigenvalue weighted by Crippen LogP contribution is 2.59. The van der Waals surface area contributed by atoms with Crippen LogP contribution in [0.1, 0.15) is 12.0 Å². The van der Waals surface area contributed by atoms with Crippen molar-refractivity contribution in [2.24, 2.45) is 5.92 Å². The Bertz CT molecular complexity index is 642. The molecule has 3 heteroatoms. The Hall–Kier alpha value is -1.12. The molecule has 2 aromatic carbocycles. The third-order valence-electron chi connectivity index (χ3n) is 4.72. The molecule has 0 amide bonds. The highest BCUT2D eigenvalue weighted by atomic mass is 35.5. The molecule has 1 saturated carbocycles. The molecule has 1 nitrogen and oxygen atoms in total. The van der Waals surface area contributed by atoms with E-state index >= 15 is 0 Å². The molecule has 100 valence electrons. The van der Waals surface area contributed by atoms with Gasteiger partial charge in [-0.2, -0.15) is 0 Å². The topological polar surface area (TPSA) is 3.24 Å². The molecule has 0 spiro atoms. The van der Waals surface area contributed by atoms with E-state index < -0.39 is 0 Å². The predicted octanol–water partition coefficient (Wildman–Crippen LogP) is 3.60. The zero-order valence-corrected chi connectivity index (χ0v) is 11.7. The van der Waals surface area contributed by atoms with E-state index in [4.69, 9.17) is 0 Å². The van der Waals surface area contributed by atoms with Gasteiger partial charge in [0.2, 0.25) is 0 Å². The molecule has 0 radical (unpaired) electrons. The van der Waals surface area contributed by atoms with Gasteiger partial charge in [-0.1, -0.05) is 30.3 Å². The number of likely N-dealkylation sites (tertiary alicyclic amines) is 1. The highest BCUT2D eigenvalue weighted by Gasteiger charge is 2.60. The molecule has 1 aliphatic heterocycles. The summed E-state index contributed by atoms with van der Waals surface area (Å²) in [5, 5.41) is 1.87. The monoisotopic (exact) mass is 277 g/mol. The molecule has 1 saturated heterocycles. The Morgan fingerprint density at radius 2 is 1.89 bits per heavy atom. The maximum Gasteiger partial charge on any atom is 0.131 e. The molecular weight excluding hydrogens is 261 g/mol. The lowest BCUT2D eigenvalue weighted by molar-refractivity contribution is 0.364. The van der Waals surface area contributed by atoms with E-state index in [0.29, 0.717) is 5.41 Å². The van der Waals surface area contributed by atoms with Crippen molar-refractivity contribution in [3.05, 3.63) is 47.8 Å². The van der Waals surface area contributed by atoms with E-state index in [-0.39, 0.29) is 18.2 Å². The molecule has 19 heavy (non-hydrogen) atoms. The maximum atomic E-state index is 13.9. The first-order chi connectivity index (χ1) is 8.71. The standard InChI is InChI=1S/C16H16FN.ClH/c1-18-9-11-8-16(11,10-18)14-6-7-15(17)13-5-3-2-4-12(13)14;/h2-7,11H,8-10H2,1H3;1H. The smallest absolute Gasteiger partial charge is 0.131 e. The second-order valence-corrected chi connectivity index (χ2v) is 5.89. The second kappa shape index (κ2) is 4.19. The number of benzene rings is 2. The molecule has 0 aromatic heterocycles. The van der Waals surface area contributed by atoms with Gasteiger partial charge in [0.25, 0.3) is 0 Å². The molecule has 2 atom stereocenters. The van der Waals surface area contributed by atoms with Gasteiger partial charge in [-0.05, 0) is 36.4 Å². The molecule has 4 rings (SSSR count). The van der Waals surface area contributed by atoms with Gasteiger partial charge >= 0.3 is 0 Å². The fourth-order valence-electron chi connectivity index (χ4n) is 3.85.